The van der Waals surface area contributed by atoms with E-state index in [0.29, 0.717) is 6.42 Å². The molecule has 0 saturated heterocycles. The van der Waals surface area contributed by atoms with Crippen LogP contribution < -0.4 is 0 Å². The van der Waals surface area contributed by atoms with Crippen LogP contribution in [0.15, 0.2) is 24.3 Å². The summed E-state index contributed by atoms with van der Waals surface area (Å²) >= 11 is 0. The van der Waals surface area contributed by atoms with E-state index in [1.807, 2.05) is 18.2 Å². The Kier molecular flexibility index (Phi) is 3.21. The lowest BCUT2D eigenvalue weighted by molar-refractivity contribution is 0.625. The molecular formula is C13H15N3. The van der Waals surface area contributed by atoms with Crippen molar-refractivity contribution < 1.29 is 0 Å². The topological polar surface area (TPSA) is 41.6 Å². The van der Waals surface area contributed by atoms with Gasteiger partial charge in [0.05, 0.1) is 23.5 Å². The van der Waals surface area contributed by atoms with E-state index >= 15 is 0 Å². The van der Waals surface area contributed by atoms with Gasteiger partial charge in [-0.05, 0) is 18.6 Å². The third-order valence-corrected chi connectivity index (χ3v) is 2.71. The van der Waals surface area contributed by atoms with E-state index in [9.17, 15) is 0 Å². The van der Waals surface area contributed by atoms with Crippen LogP contribution in [0.4, 0.5) is 0 Å². The van der Waals surface area contributed by atoms with Crippen LogP contribution in [-0.4, -0.2) is 9.55 Å². The molecule has 0 aliphatic heterocycles. The maximum atomic E-state index is 8.79. The number of hydrogen-bond acceptors (Lipinski definition) is 2. The normalized spacial score (nSPS) is 10.5. The number of para-hydroxylation sites is 2. The van der Waals surface area contributed by atoms with Crippen LogP contribution in [0, 0.1) is 11.3 Å². The van der Waals surface area contributed by atoms with Crippen molar-refractivity contribution in [3.05, 3.63) is 30.1 Å². The molecule has 0 bridgehead atoms. The zero-order valence-corrected chi connectivity index (χ0v) is 9.48. The Morgan fingerprint density at radius 3 is 2.94 bits per heavy atom. The monoisotopic (exact) mass is 213 g/mol. The van der Waals surface area contributed by atoms with Gasteiger partial charge in [0.2, 0.25) is 0 Å². The van der Waals surface area contributed by atoms with Gasteiger partial charge in [0, 0.05) is 6.54 Å². The second-order valence-electron chi connectivity index (χ2n) is 3.86. The van der Waals surface area contributed by atoms with Crippen LogP contribution >= 0.6 is 0 Å². The molecule has 2 rings (SSSR count). The van der Waals surface area contributed by atoms with Gasteiger partial charge >= 0.3 is 0 Å². The first-order valence-electron chi connectivity index (χ1n) is 5.68. The number of nitriles is 1. The second-order valence-corrected chi connectivity index (χ2v) is 3.86. The van der Waals surface area contributed by atoms with E-state index < -0.39 is 0 Å². The van der Waals surface area contributed by atoms with Crippen LogP contribution in [0.25, 0.3) is 11.0 Å². The lowest BCUT2D eigenvalue weighted by atomic mass is 10.3. The SMILES string of the molecule is CCCCn1c(CC#N)nc2ccccc21. The molecule has 0 atom stereocenters. The minimum Gasteiger partial charge on any atom is -0.327 e. The highest BCUT2D eigenvalue weighted by atomic mass is 15.1. The summed E-state index contributed by atoms with van der Waals surface area (Å²) in [6.07, 6.45) is 2.66. The average Bonchev–Trinajstić information content (AvgIpc) is 2.65. The van der Waals surface area contributed by atoms with E-state index in [1.165, 1.54) is 0 Å². The molecule has 3 heteroatoms. The Morgan fingerprint density at radius 2 is 2.19 bits per heavy atom. The van der Waals surface area contributed by atoms with Gasteiger partial charge in [-0.25, -0.2) is 4.98 Å². The van der Waals surface area contributed by atoms with E-state index in [-0.39, 0.29) is 0 Å². The first kappa shape index (κ1) is 10.7. The van der Waals surface area contributed by atoms with E-state index in [2.05, 4.69) is 28.6 Å². The van der Waals surface area contributed by atoms with Gasteiger partial charge in [0.1, 0.15) is 5.82 Å². The number of aromatic nitrogens is 2. The fourth-order valence-electron chi connectivity index (χ4n) is 1.90. The predicted molar refractivity (Wildman–Crippen MR) is 64.0 cm³/mol. The number of benzene rings is 1. The first-order valence-corrected chi connectivity index (χ1v) is 5.68. The molecule has 0 amide bonds. The molecule has 0 spiro atoms. The number of aryl methyl sites for hydroxylation is 1. The third kappa shape index (κ3) is 1.92. The molecule has 2 aromatic rings. The lowest BCUT2D eigenvalue weighted by Gasteiger charge is -2.05. The predicted octanol–water partition coefficient (Wildman–Crippen LogP) is 2.90. The summed E-state index contributed by atoms with van der Waals surface area (Å²) in [6.45, 7) is 3.12. The summed E-state index contributed by atoms with van der Waals surface area (Å²) < 4.78 is 2.17. The Balaban J connectivity index is 2.47. The summed E-state index contributed by atoms with van der Waals surface area (Å²) in [7, 11) is 0. The zero-order valence-electron chi connectivity index (χ0n) is 9.48. The van der Waals surface area contributed by atoms with E-state index in [0.717, 1.165) is 36.2 Å². The molecule has 3 nitrogen and oxygen atoms in total. The van der Waals surface area contributed by atoms with Crippen molar-refractivity contribution in [3.63, 3.8) is 0 Å². The Bertz CT molecular complexity index is 519. The lowest BCUT2D eigenvalue weighted by Crippen LogP contribution is -2.03. The summed E-state index contributed by atoms with van der Waals surface area (Å²) in [4.78, 5) is 4.50. The van der Waals surface area contributed by atoms with Gasteiger partial charge in [-0.15, -0.1) is 0 Å². The largest absolute Gasteiger partial charge is 0.327 e. The van der Waals surface area contributed by atoms with Gasteiger partial charge in [0.25, 0.3) is 0 Å². The number of unbranched alkanes of at least 4 members (excludes halogenated alkanes) is 1. The number of imidazole rings is 1. The van der Waals surface area contributed by atoms with Gasteiger partial charge in [-0.2, -0.15) is 5.26 Å². The van der Waals surface area contributed by atoms with Crippen molar-refractivity contribution in [3.8, 4) is 6.07 Å². The average molecular weight is 213 g/mol. The fourth-order valence-corrected chi connectivity index (χ4v) is 1.90. The number of rotatable bonds is 4. The van der Waals surface area contributed by atoms with Crippen molar-refractivity contribution in [1.29, 1.82) is 5.26 Å². The van der Waals surface area contributed by atoms with Crippen molar-refractivity contribution >= 4 is 11.0 Å². The standard InChI is InChI=1S/C13H15N3/c1-2-3-10-16-12-7-5-4-6-11(12)15-13(16)8-9-14/h4-7H,2-3,8,10H2,1H3. The minimum absolute atomic E-state index is 0.387. The van der Waals surface area contributed by atoms with Crippen molar-refractivity contribution in [2.75, 3.05) is 0 Å². The summed E-state index contributed by atoms with van der Waals surface area (Å²) in [5.74, 6) is 0.886. The maximum Gasteiger partial charge on any atom is 0.124 e. The number of hydrogen-bond donors (Lipinski definition) is 0. The molecule has 0 saturated carbocycles. The molecule has 0 unspecified atom stereocenters. The Morgan fingerprint density at radius 1 is 1.38 bits per heavy atom. The third-order valence-electron chi connectivity index (χ3n) is 2.71. The smallest absolute Gasteiger partial charge is 0.124 e. The molecule has 82 valence electrons. The highest BCUT2D eigenvalue weighted by molar-refractivity contribution is 5.75. The summed E-state index contributed by atoms with van der Waals surface area (Å²) in [6, 6.07) is 10.2. The molecule has 1 heterocycles. The Hall–Kier alpha value is -1.82. The summed E-state index contributed by atoms with van der Waals surface area (Å²) in [5.41, 5.74) is 2.13. The number of fused-ring (bicyclic) bond motifs is 1. The van der Waals surface area contributed by atoms with Gasteiger partial charge in [0.15, 0.2) is 0 Å². The van der Waals surface area contributed by atoms with Crippen LogP contribution in [-0.2, 0) is 13.0 Å². The molecule has 0 N–H and O–H groups in total. The van der Waals surface area contributed by atoms with Crippen molar-refractivity contribution in [1.82, 2.24) is 9.55 Å². The van der Waals surface area contributed by atoms with Crippen LogP contribution in [0.5, 0.6) is 0 Å². The van der Waals surface area contributed by atoms with Crippen LogP contribution in [0.1, 0.15) is 25.6 Å². The minimum atomic E-state index is 0.387. The quantitative estimate of drug-likeness (QED) is 0.783. The van der Waals surface area contributed by atoms with Gasteiger partial charge in [-0.3, -0.25) is 0 Å². The van der Waals surface area contributed by atoms with E-state index in [1.54, 1.807) is 0 Å². The second kappa shape index (κ2) is 4.80. The first-order chi connectivity index (χ1) is 7.86. The Labute approximate surface area is 95.3 Å². The molecule has 1 aromatic carbocycles. The summed E-state index contributed by atoms with van der Waals surface area (Å²) in [5, 5.41) is 8.79. The van der Waals surface area contributed by atoms with Crippen molar-refractivity contribution in [2.45, 2.75) is 32.7 Å². The number of nitrogens with zero attached hydrogens (tertiary/aromatic N) is 3. The molecule has 1 aromatic heterocycles. The molecule has 16 heavy (non-hydrogen) atoms. The molecule has 0 radical (unpaired) electrons. The van der Waals surface area contributed by atoms with E-state index in [4.69, 9.17) is 5.26 Å². The highest BCUT2D eigenvalue weighted by Gasteiger charge is 2.08. The highest BCUT2D eigenvalue weighted by Crippen LogP contribution is 2.17. The molecule has 0 aliphatic carbocycles. The van der Waals surface area contributed by atoms with Gasteiger partial charge in [-0.1, -0.05) is 25.5 Å². The van der Waals surface area contributed by atoms with Crippen LogP contribution in [0.3, 0.4) is 0 Å². The van der Waals surface area contributed by atoms with Gasteiger partial charge < -0.3 is 4.57 Å². The van der Waals surface area contributed by atoms with Crippen molar-refractivity contribution in [2.24, 2.45) is 0 Å². The molecular weight excluding hydrogens is 198 g/mol. The molecule has 0 aliphatic rings. The van der Waals surface area contributed by atoms with Crippen LogP contribution in [0.2, 0.25) is 0 Å². The molecule has 0 fully saturated rings. The fraction of sp³-hybridized carbons (Fsp3) is 0.385. The zero-order chi connectivity index (χ0) is 11.4. The maximum absolute atomic E-state index is 8.79.